The van der Waals surface area contributed by atoms with Gasteiger partial charge in [0, 0.05) is 18.5 Å². The molecule has 0 aliphatic carbocycles. The number of benzene rings is 1. The fourth-order valence-corrected chi connectivity index (χ4v) is 4.05. The molecule has 1 heterocycles. The highest BCUT2D eigenvalue weighted by Gasteiger charge is 2.23. The Morgan fingerprint density at radius 3 is 2.38 bits per heavy atom. The van der Waals surface area contributed by atoms with Crippen molar-refractivity contribution in [3.8, 4) is 0 Å². The van der Waals surface area contributed by atoms with Gasteiger partial charge in [0.15, 0.2) is 0 Å². The summed E-state index contributed by atoms with van der Waals surface area (Å²) in [6, 6.07) is 8.40. The van der Waals surface area contributed by atoms with Gasteiger partial charge in [0.2, 0.25) is 10.0 Å². The van der Waals surface area contributed by atoms with Crippen molar-refractivity contribution in [2.45, 2.75) is 31.6 Å². The maximum absolute atomic E-state index is 12.7. The van der Waals surface area contributed by atoms with Crippen molar-refractivity contribution in [2.24, 2.45) is 0 Å². The normalized spacial score (nSPS) is 12.2. The summed E-state index contributed by atoms with van der Waals surface area (Å²) in [5.74, 6) is 0. The molecule has 0 aliphatic rings. The first-order valence-electron chi connectivity index (χ1n) is 7.05. The number of halogens is 1. The van der Waals surface area contributed by atoms with E-state index in [9.17, 15) is 8.42 Å². The first-order chi connectivity index (χ1) is 9.98. The summed E-state index contributed by atoms with van der Waals surface area (Å²) < 4.78 is 26.9. The molecule has 0 saturated carbocycles. The molecule has 6 heteroatoms. The van der Waals surface area contributed by atoms with Gasteiger partial charge in [0.1, 0.15) is 5.15 Å². The average molecular weight is 327 g/mol. The summed E-state index contributed by atoms with van der Waals surface area (Å²) >= 11 is 5.84. The fraction of sp³-hybridized carbons (Fsp3) is 0.400. The van der Waals surface area contributed by atoms with E-state index >= 15 is 0 Å². The molecule has 0 amide bonds. The Hall–Kier alpha value is -1.17. The summed E-state index contributed by atoms with van der Waals surface area (Å²) in [6.07, 6.45) is 1.59. The van der Waals surface area contributed by atoms with E-state index in [4.69, 9.17) is 11.6 Å². The quantitative estimate of drug-likeness (QED) is 0.760. The second-order valence-electron chi connectivity index (χ2n) is 4.89. The van der Waals surface area contributed by atoms with Crippen molar-refractivity contribution < 1.29 is 8.42 Å². The molecule has 1 aromatic carbocycles. The minimum atomic E-state index is -3.45. The van der Waals surface area contributed by atoms with Crippen LogP contribution in [0.4, 0.5) is 0 Å². The molecule has 0 saturated heterocycles. The van der Waals surface area contributed by atoms with E-state index in [0.717, 1.165) is 18.2 Å². The van der Waals surface area contributed by atoms with Gasteiger partial charge in [-0.15, -0.1) is 0 Å². The second-order valence-corrected chi connectivity index (χ2v) is 7.22. The lowest BCUT2D eigenvalue weighted by atomic mass is 10.2. The van der Waals surface area contributed by atoms with E-state index in [-0.39, 0.29) is 0 Å². The Morgan fingerprint density at radius 1 is 1.10 bits per heavy atom. The number of hydrogen-bond donors (Lipinski definition) is 0. The third kappa shape index (κ3) is 3.54. The molecule has 0 spiro atoms. The third-order valence-corrected chi connectivity index (χ3v) is 5.32. The number of fused-ring (bicyclic) bond motifs is 1. The van der Waals surface area contributed by atoms with Crippen molar-refractivity contribution in [1.29, 1.82) is 0 Å². The van der Waals surface area contributed by atoms with E-state index in [0.29, 0.717) is 28.7 Å². The summed E-state index contributed by atoms with van der Waals surface area (Å²) in [5.41, 5.74) is 0.694. The monoisotopic (exact) mass is 326 g/mol. The Bertz CT molecular complexity index is 726. The minimum absolute atomic E-state index is 0.307. The Labute approximate surface area is 130 Å². The molecule has 0 unspecified atom stereocenters. The Balaban J connectivity index is 2.45. The predicted molar refractivity (Wildman–Crippen MR) is 86.1 cm³/mol. The van der Waals surface area contributed by atoms with Crippen molar-refractivity contribution in [1.82, 2.24) is 9.29 Å². The molecule has 2 rings (SSSR count). The van der Waals surface area contributed by atoms with Crippen LogP contribution in [0.5, 0.6) is 0 Å². The minimum Gasteiger partial charge on any atom is -0.236 e. The van der Waals surface area contributed by atoms with Gasteiger partial charge in [-0.3, -0.25) is 0 Å². The van der Waals surface area contributed by atoms with Crippen LogP contribution in [0, 0.1) is 0 Å². The van der Waals surface area contributed by atoms with Gasteiger partial charge in [-0.2, -0.15) is 4.31 Å². The second kappa shape index (κ2) is 6.73. The lowest BCUT2D eigenvalue weighted by Crippen LogP contribution is -2.32. The summed E-state index contributed by atoms with van der Waals surface area (Å²) in [4.78, 5) is 4.48. The van der Waals surface area contributed by atoms with Crippen LogP contribution in [0.2, 0.25) is 5.15 Å². The molecule has 4 nitrogen and oxygen atoms in total. The van der Waals surface area contributed by atoms with Gasteiger partial charge < -0.3 is 0 Å². The van der Waals surface area contributed by atoms with Gasteiger partial charge in [-0.1, -0.05) is 25.4 Å². The zero-order valence-corrected chi connectivity index (χ0v) is 13.8. The highest BCUT2D eigenvalue weighted by atomic mass is 35.5. The molecule has 1 aromatic heterocycles. The van der Waals surface area contributed by atoms with Gasteiger partial charge in [0.25, 0.3) is 0 Å². The number of hydrogen-bond acceptors (Lipinski definition) is 3. The molecule has 0 aliphatic heterocycles. The van der Waals surface area contributed by atoms with Crippen LogP contribution in [-0.4, -0.2) is 30.8 Å². The molecular formula is C15H19ClN2O2S. The van der Waals surface area contributed by atoms with Gasteiger partial charge >= 0.3 is 0 Å². The third-order valence-electron chi connectivity index (χ3n) is 3.21. The molecule has 0 N–H and O–H groups in total. The van der Waals surface area contributed by atoms with Crippen molar-refractivity contribution in [2.75, 3.05) is 13.1 Å². The van der Waals surface area contributed by atoms with E-state index in [1.54, 1.807) is 30.3 Å². The van der Waals surface area contributed by atoms with Crippen molar-refractivity contribution in [3.63, 3.8) is 0 Å². The molecule has 2 aromatic rings. The van der Waals surface area contributed by atoms with Crippen LogP contribution in [0.1, 0.15) is 26.7 Å². The van der Waals surface area contributed by atoms with Gasteiger partial charge in [-0.05, 0) is 43.2 Å². The maximum Gasteiger partial charge on any atom is 0.243 e. The molecule has 21 heavy (non-hydrogen) atoms. The zero-order valence-electron chi connectivity index (χ0n) is 12.2. The predicted octanol–water partition coefficient (Wildman–Crippen LogP) is 3.70. The van der Waals surface area contributed by atoms with Crippen LogP contribution in [0.15, 0.2) is 35.2 Å². The molecule has 114 valence electrons. The van der Waals surface area contributed by atoms with Crippen LogP contribution in [-0.2, 0) is 10.0 Å². The number of aromatic nitrogens is 1. The van der Waals surface area contributed by atoms with E-state index < -0.39 is 10.0 Å². The molecule has 0 fully saturated rings. The molecule has 0 radical (unpaired) electrons. The highest BCUT2D eigenvalue weighted by molar-refractivity contribution is 7.89. The van der Waals surface area contributed by atoms with Crippen LogP contribution < -0.4 is 0 Å². The SMILES string of the molecule is CCCN(CCC)S(=O)(=O)c1ccc2nc(Cl)ccc2c1. The van der Waals surface area contributed by atoms with E-state index in [1.165, 1.54) is 4.31 Å². The van der Waals surface area contributed by atoms with E-state index in [2.05, 4.69) is 4.98 Å². The first kappa shape index (κ1) is 16.2. The van der Waals surface area contributed by atoms with Gasteiger partial charge in [0.05, 0.1) is 10.4 Å². The largest absolute Gasteiger partial charge is 0.243 e. The summed E-state index contributed by atoms with van der Waals surface area (Å²) in [7, 11) is -3.45. The number of pyridine rings is 1. The fourth-order valence-electron chi connectivity index (χ4n) is 2.24. The van der Waals surface area contributed by atoms with Crippen molar-refractivity contribution >= 4 is 32.5 Å². The Kier molecular flexibility index (Phi) is 5.19. The average Bonchev–Trinajstić information content (AvgIpc) is 2.46. The first-order valence-corrected chi connectivity index (χ1v) is 8.87. The highest BCUT2D eigenvalue weighted by Crippen LogP contribution is 2.22. The van der Waals surface area contributed by atoms with E-state index in [1.807, 2.05) is 13.8 Å². The molecule has 0 atom stereocenters. The summed E-state index contributed by atoms with van der Waals surface area (Å²) in [5, 5.41) is 1.17. The van der Waals surface area contributed by atoms with Gasteiger partial charge in [-0.25, -0.2) is 13.4 Å². The van der Waals surface area contributed by atoms with Crippen LogP contribution in [0.25, 0.3) is 10.9 Å². The summed E-state index contributed by atoms with van der Waals surface area (Å²) in [6.45, 7) is 5.02. The van der Waals surface area contributed by atoms with Crippen molar-refractivity contribution in [3.05, 3.63) is 35.5 Å². The smallest absolute Gasteiger partial charge is 0.236 e. The maximum atomic E-state index is 12.7. The number of rotatable bonds is 6. The number of sulfonamides is 1. The zero-order chi connectivity index (χ0) is 15.5. The molecular weight excluding hydrogens is 308 g/mol. The Morgan fingerprint density at radius 2 is 1.76 bits per heavy atom. The lowest BCUT2D eigenvalue weighted by Gasteiger charge is -2.21. The van der Waals surface area contributed by atoms with Crippen LogP contribution in [0.3, 0.4) is 0 Å². The van der Waals surface area contributed by atoms with Crippen LogP contribution >= 0.6 is 11.6 Å². The standard InChI is InChI=1S/C15H19ClN2O2S/c1-3-9-18(10-4-2)21(19,20)13-6-7-14-12(11-13)5-8-15(16)17-14/h5-8,11H,3-4,9-10H2,1-2H3. The topological polar surface area (TPSA) is 50.3 Å². The molecule has 0 bridgehead atoms. The lowest BCUT2D eigenvalue weighted by molar-refractivity contribution is 0.410. The number of nitrogens with zero attached hydrogens (tertiary/aromatic N) is 2.